The first-order valence-electron chi connectivity index (χ1n) is 8.72. The number of thioether (sulfide) groups is 1. The van der Waals surface area contributed by atoms with Gasteiger partial charge >= 0.3 is 5.97 Å². The van der Waals surface area contributed by atoms with Crippen molar-refractivity contribution in [2.75, 3.05) is 26.1 Å². The van der Waals surface area contributed by atoms with Crippen molar-refractivity contribution in [2.24, 2.45) is 10.2 Å². The summed E-state index contributed by atoms with van der Waals surface area (Å²) in [4.78, 5) is 22.6. The van der Waals surface area contributed by atoms with Gasteiger partial charge in [0.25, 0.3) is 0 Å². The second-order valence-electron chi connectivity index (χ2n) is 5.77. The topological polar surface area (TPSA) is 98.6 Å². The number of amidine groups is 1. The molecule has 3 rings (SSSR count). The van der Waals surface area contributed by atoms with E-state index in [-0.39, 0.29) is 5.91 Å². The van der Waals surface area contributed by atoms with Crippen molar-refractivity contribution in [3.63, 3.8) is 0 Å². The summed E-state index contributed by atoms with van der Waals surface area (Å²) < 4.78 is 15.9. The Kier molecular flexibility index (Phi) is 7.23. The summed E-state index contributed by atoms with van der Waals surface area (Å²) in [6.07, 6.45) is 1.60. The minimum Gasteiger partial charge on any atom is -0.490 e. The minimum absolute atomic E-state index is 0.0643. The number of ether oxygens (including phenoxy) is 3. The van der Waals surface area contributed by atoms with Crippen LogP contribution < -0.4 is 14.8 Å². The van der Waals surface area contributed by atoms with Gasteiger partial charge in [0.1, 0.15) is 24.7 Å². The molecule has 8 nitrogen and oxygen atoms in total. The molecule has 0 unspecified atom stereocenters. The van der Waals surface area contributed by atoms with Crippen LogP contribution in [-0.2, 0) is 9.53 Å². The van der Waals surface area contributed by atoms with E-state index in [2.05, 4.69) is 20.3 Å². The molecule has 1 amide bonds. The second kappa shape index (κ2) is 10.3. The van der Waals surface area contributed by atoms with E-state index in [1.54, 1.807) is 30.5 Å². The van der Waals surface area contributed by atoms with Crippen LogP contribution in [0.4, 0.5) is 0 Å². The smallest absolute Gasteiger partial charge is 0.337 e. The molecule has 1 fully saturated rings. The summed E-state index contributed by atoms with van der Waals surface area (Å²) in [6.45, 7) is 0.676. The molecular formula is C20H19N3O5S. The lowest BCUT2D eigenvalue weighted by molar-refractivity contribution is -0.116. The normalized spacial score (nSPS) is 14.8. The Balaban J connectivity index is 1.42. The first kappa shape index (κ1) is 20.4. The van der Waals surface area contributed by atoms with Crippen LogP contribution in [0.1, 0.15) is 15.9 Å². The van der Waals surface area contributed by atoms with E-state index in [0.717, 1.165) is 5.56 Å². The van der Waals surface area contributed by atoms with Crippen LogP contribution in [0.5, 0.6) is 11.5 Å². The molecule has 2 aromatic rings. The fraction of sp³-hybridized carbons (Fsp3) is 0.200. The van der Waals surface area contributed by atoms with Gasteiger partial charge in [0.2, 0.25) is 5.91 Å². The molecule has 0 saturated carbocycles. The van der Waals surface area contributed by atoms with E-state index in [4.69, 9.17) is 9.47 Å². The predicted octanol–water partition coefficient (Wildman–Crippen LogP) is 2.48. The molecule has 0 radical (unpaired) electrons. The number of nitrogens with one attached hydrogen (secondary N) is 1. The van der Waals surface area contributed by atoms with Crippen molar-refractivity contribution in [2.45, 2.75) is 0 Å². The standard InChI is InChI=1S/C20H19N3O5S/c1-26-19(25)15-3-2-4-17(11-15)28-10-9-27-16-7-5-14(6-8-16)12-21-23-20-22-18(24)13-29-20/h2-8,11-12H,9-10,13H2,1H3,(H,22,23,24). The monoisotopic (exact) mass is 413 g/mol. The van der Waals surface area contributed by atoms with E-state index in [1.807, 2.05) is 24.3 Å². The lowest BCUT2D eigenvalue weighted by Crippen LogP contribution is -2.19. The van der Waals surface area contributed by atoms with Crippen molar-refractivity contribution in [1.29, 1.82) is 0 Å². The molecule has 0 atom stereocenters. The largest absolute Gasteiger partial charge is 0.490 e. The van der Waals surface area contributed by atoms with Crippen LogP contribution in [-0.4, -0.2) is 49.3 Å². The molecule has 1 aliphatic rings. The molecule has 0 aromatic heterocycles. The molecule has 150 valence electrons. The lowest BCUT2D eigenvalue weighted by atomic mass is 10.2. The lowest BCUT2D eigenvalue weighted by Gasteiger charge is -2.09. The van der Waals surface area contributed by atoms with Crippen molar-refractivity contribution < 1.29 is 23.8 Å². The Bertz CT molecular complexity index is 928. The second-order valence-corrected chi connectivity index (χ2v) is 6.74. The first-order valence-corrected chi connectivity index (χ1v) is 9.70. The van der Waals surface area contributed by atoms with E-state index >= 15 is 0 Å². The molecule has 1 aliphatic heterocycles. The molecule has 1 N–H and O–H groups in total. The van der Waals surface area contributed by atoms with Gasteiger partial charge < -0.3 is 19.5 Å². The van der Waals surface area contributed by atoms with Crippen molar-refractivity contribution in [1.82, 2.24) is 5.32 Å². The highest BCUT2D eigenvalue weighted by molar-refractivity contribution is 8.15. The maximum absolute atomic E-state index is 11.5. The van der Waals surface area contributed by atoms with E-state index < -0.39 is 5.97 Å². The van der Waals surface area contributed by atoms with Gasteiger partial charge in [-0.25, -0.2) is 4.79 Å². The number of methoxy groups -OCH3 is 1. The van der Waals surface area contributed by atoms with E-state index in [9.17, 15) is 9.59 Å². The number of benzene rings is 2. The summed E-state index contributed by atoms with van der Waals surface area (Å²) in [5, 5.41) is 11.0. The maximum Gasteiger partial charge on any atom is 0.337 e. The van der Waals surface area contributed by atoms with Gasteiger partial charge in [0.15, 0.2) is 5.17 Å². The zero-order valence-corrected chi connectivity index (χ0v) is 16.5. The van der Waals surface area contributed by atoms with Gasteiger partial charge in [-0.1, -0.05) is 17.8 Å². The predicted molar refractivity (Wildman–Crippen MR) is 111 cm³/mol. The van der Waals surface area contributed by atoms with Gasteiger partial charge in [-0.3, -0.25) is 4.79 Å². The average molecular weight is 413 g/mol. The molecule has 9 heteroatoms. The van der Waals surface area contributed by atoms with Gasteiger partial charge in [-0.15, -0.1) is 5.10 Å². The molecule has 2 aromatic carbocycles. The number of hydrogen-bond acceptors (Lipinski definition) is 8. The number of rotatable bonds is 8. The van der Waals surface area contributed by atoms with Crippen LogP contribution >= 0.6 is 11.8 Å². The molecule has 0 bridgehead atoms. The Hall–Kier alpha value is -3.33. The third-order valence-electron chi connectivity index (χ3n) is 3.70. The number of hydrogen-bond donors (Lipinski definition) is 1. The van der Waals surface area contributed by atoms with Gasteiger partial charge in [-0.05, 0) is 48.0 Å². The quantitative estimate of drug-likeness (QED) is 0.309. The Morgan fingerprint density at radius 3 is 2.59 bits per heavy atom. The zero-order valence-electron chi connectivity index (χ0n) is 15.7. The summed E-state index contributed by atoms with van der Waals surface area (Å²) in [5.74, 6) is 1.17. The van der Waals surface area contributed by atoms with Crippen molar-refractivity contribution in [3.8, 4) is 11.5 Å². The molecule has 1 saturated heterocycles. The number of carbonyl (C=O) groups excluding carboxylic acids is 2. The number of carbonyl (C=O) groups is 2. The van der Waals surface area contributed by atoms with Crippen molar-refractivity contribution in [3.05, 3.63) is 59.7 Å². The SMILES string of the molecule is COC(=O)c1cccc(OCCOc2ccc(C=NN=C3NC(=O)CS3)cc2)c1. The molecule has 0 aliphatic carbocycles. The van der Waals surface area contributed by atoms with E-state index in [0.29, 0.717) is 41.2 Å². The Morgan fingerprint density at radius 1 is 1.14 bits per heavy atom. The van der Waals surface area contributed by atoms with Crippen molar-refractivity contribution >= 4 is 35.0 Å². The summed E-state index contributed by atoms with van der Waals surface area (Å²) in [7, 11) is 1.34. The van der Waals surface area contributed by atoms with Gasteiger partial charge in [0, 0.05) is 0 Å². The highest BCUT2D eigenvalue weighted by Gasteiger charge is 2.15. The number of esters is 1. The molecule has 0 spiro atoms. The molecular weight excluding hydrogens is 394 g/mol. The number of amides is 1. The first-order chi connectivity index (χ1) is 14.1. The van der Waals surface area contributed by atoms with Crippen LogP contribution in [0.2, 0.25) is 0 Å². The van der Waals surface area contributed by atoms with E-state index in [1.165, 1.54) is 18.9 Å². The average Bonchev–Trinajstić information content (AvgIpc) is 3.17. The van der Waals surface area contributed by atoms with Crippen LogP contribution in [0.3, 0.4) is 0 Å². The van der Waals surface area contributed by atoms with Crippen LogP contribution in [0.15, 0.2) is 58.7 Å². The highest BCUT2D eigenvalue weighted by atomic mass is 32.2. The summed E-state index contributed by atoms with van der Waals surface area (Å²) in [6, 6.07) is 14.1. The molecule has 1 heterocycles. The summed E-state index contributed by atoms with van der Waals surface area (Å²) in [5.41, 5.74) is 1.29. The number of nitrogens with zero attached hydrogens (tertiary/aromatic N) is 2. The van der Waals surface area contributed by atoms with Crippen LogP contribution in [0, 0.1) is 0 Å². The fourth-order valence-corrected chi connectivity index (χ4v) is 2.96. The zero-order chi connectivity index (χ0) is 20.5. The fourth-order valence-electron chi connectivity index (χ4n) is 2.33. The third kappa shape index (κ3) is 6.35. The molecule has 29 heavy (non-hydrogen) atoms. The summed E-state index contributed by atoms with van der Waals surface area (Å²) >= 11 is 1.32. The van der Waals surface area contributed by atoms with Crippen LogP contribution in [0.25, 0.3) is 0 Å². The van der Waals surface area contributed by atoms with Gasteiger partial charge in [-0.2, -0.15) is 5.10 Å². The third-order valence-corrected chi connectivity index (χ3v) is 4.56. The van der Waals surface area contributed by atoms with Gasteiger partial charge in [0.05, 0.1) is 24.6 Å². The Labute approximate surface area is 171 Å². The minimum atomic E-state index is -0.409. The highest BCUT2D eigenvalue weighted by Crippen LogP contribution is 2.15. The Morgan fingerprint density at radius 2 is 1.90 bits per heavy atom. The maximum atomic E-state index is 11.5.